The lowest BCUT2D eigenvalue weighted by Crippen LogP contribution is -2.11. The van der Waals surface area contributed by atoms with Crippen LogP contribution in [-0.4, -0.2) is 21.2 Å². The van der Waals surface area contributed by atoms with Crippen molar-refractivity contribution in [2.75, 3.05) is 5.32 Å². The molecule has 0 aliphatic carbocycles. The van der Waals surface area contributed by atoms with Crippen LogP contribution in [0, 0.1) is 0 Å². The Morgan fingerprint density at radius 1 is 1.26 bits per heavy atom. The smallest absolute Gasteiger partial charge is 0.445 e. The number of hydrogen-bond donors (Lipinski definition) is 2. The van der Waals surface area contributed by atoms with Crippen molar-refractivity contribution in [3.63, 3.8) is 0 Å². The lowest BCUT2D eigenvalue weighted by atomic mass is 10.2. The highest BCUT2D eigenvalue weighted by Crippen LogP contribution is 2.33. The zero-order valence-corrected chi connectivity index (χ0v) is 9.92. The predicted molar refractivity (Wildman–Crippen MR) is 61.0 cm³/mol. The topological polar surface area (TPSA) is 75.1 Å². The monoisotopic (exact) mass is 289 g/mol. The largest absolute Gasteiger partial charge is 0.507 e. The molecule has 1 heterocycles. The van der Waals surface area contributed by atoms with Gasteiger partial charge in [0.25, 0.3) is 5.91 Å². The van der Waals surface area contributed by atoms with Crippen molar-refractivity contribution < 1.29 is 23.1 Å². The highest BCUT2D eigenvalue weighted by atomic mass is 32.1. The van der Waals surface area contributed by atoms with Crippen molar-refractivity contribution in [3.05, 3.63) is 34.8 Å². The molecule has 2 aromatic rings. The Bertz CT molecular complexity index is 612. The maximum absolute atomic E-state index is 12.3. The molecule has 2 rings (SSSR count). The number of phenolic OH excluding ortho intramolecular Hbond substituents is 1. The molecule has 0 saturated heterocycles. The van der Waals surface area contributed by atoms with Crippen LogP contribution in [0.1, 0.15) is 15.4 Å². The third kappa shape index (κ3) is 2.99. The first-order valence-corrected chi connectivity index (χ1v) is 5.69. The van der Waals surface area contributed by atoms with E-state index in [-0.39, 0.29) is 27.8 Å². The number of aromatic nitrogens is 2. The van der Waals surface area contributed by atoms with Crippen LogP contribution in [0.5, 0.6) is 5.75 Å². The normalized spacial score (nSPS) is 11.3. The van der Waals surface area contributed by atoms with Crippen LogP contribution in [0.3, 0.4) is 0 Å². The Morgan fingerprint density at radius 2 is 1.95 bits per heavy atom. The maximum Gasteiger partial charge on any atom is 0.445 e. The predicted octanol–water partition coefficient (Wildman–Crippen LogP) is 2.51. The van der Waals surface area contributed by atoms with Gasteiger partial charge in [0.1, 0.15) is 5.75 Å². The summed E-state index contributed by atoms with van der Waals surface area (Å²) >= 11 is 0.208. The average molecular weight is 289 g/mol. The van der Waals surface area contributed by atoms with Crippen LogP contribution < -0.4 is 5.32 Å². The molecule has 2 N–H and O–H groups in total. The number of alkyl halides is 3. The molecule has 0 fully saturated rings. The zero-order chi connectivity index (χ0) is 14.0. The number of benzene rings is 1. The number of halogens is 3. The molecule has 0 aliphatic heterocycles. The fourth-order valence-electron chi connectivity index (χ4n) is 1.22. The average Bonchev–Trinajstić information content (AvgIpc) is 2.77. The van der Waals surface area contributed by atoms with Crippen molar-refractivity contribution in [3.8, 4) is 5.75 Å². The molecule has 1 amide bonds. The summed E-state index contributed by atoms with van der Waals surface area (Å²) in [6.45, 7) is 0. The van der Waals surface area contributed by atoms with Crippen LogP contribution in [0.25, 0.3) is 0 Å². The van der Waals surface area contributed by atoms with Gasteiger partial charge in [0.15, 0.2) is 0 Å². The van der Waals surface area contributed by atoms with Gasteiger partial charge in [-0.05, 0) is 12.1 Å². The molecular formula is C10H6F3N3O2S. The first-order chi connectivity index (χ1) is 8.88. The molecule has 9 heteroatoms. The van der Waals surface area contributed by atoms with Gasteiger partial charge in [0.05, 0.1) is 5.56 Å². The summed E-state index contributed by atoms with van der Waals surface area (Å²) in [4.78, 5) is 11.7. The van der Waals surface area contributed by atoms with Gasteiger partial charge in [-0.3, -0.25) is 10.1 Å². The lowest BCUT2D eigenvalue weighted by Gasteiger charge is -2.03. The van der Waals surface area contributed by atoms with Crippen LogP contribution in [-0.2, 0) is 6.18 Å². The molecule has 0 radical (unpaired) electrons. The minimum atomic E-state index is -4.60. The van der Waals surface area contributed by atoms with Gasteiger partial charge in [-0.25, -0.2) is 0 Å². The second-order valence-corrected chi connectivity index (χ2v) is 4.36. The third-order valence-electron chi connectivity index (χ3n) is 2.04. The number of nitrogens with zero attached hydrogens (tertiary/aromatic N) is 2. The van der Waals surface area contributed by atoms with Crippen molar-refractivity contribution in [2.24, 2.45) is 0 Å². The van der Waals surface area contributed by atoms with Gasteiger partial charge in [0.2, 0.25) is 10.1 Å². The molecule has 5 nitrogen and oxygen atoms in total. The number of rotatable bonds is 2. The van der Waals surface area contributed by atoms with E-state index in [1.165, 1.54) is 24.3 Å². The molecule has 1 aromatic carbocycles. The Hall–Kier alpha value is -2.16. The van der Waals surface area contributed by atoms with Gasteiger partial charge in [-0.2, -0.15) is 13.2 Å². The number of para-hydroxylation sites is 1. The highest BCUT2D eigenvalue weighted by molar-refractivity contribution is 7.15. The van der Waals surface area contributed by atoms with E-state index in [1.807, 2.05) is 0 Å². The number of hydrogen-bond acceptors (Lipinski definition) is 5. The van der Waals surface area contributed by atoms with Gasteiger partial charge >= 0.3 is 6.18 Å². The molecule has 0 aliphatic rings. The fraction of sp³-hybridized carbons (Fsp3) is 0.100. The van der Waals surface area contributed by atoms with Gasteiger partial charge in [0, 0.05) is 0 Å². The Morgan fingerprint density at radius 3 is 2.53 bits per heavy atom. The number of nitrogens with one attached hydrogen (secondary N) is 1. The van der Waals surface area contributed by atoms with Crippen molar-refractivity contribution >= 4 is 22.4 Å². The number of carbonyl (C=O) groups is 1. The number of carbonyl (C=O) groups excluding carboxylic acids is 1. The quantitative estimate of drug-likeness (QED) is 0.890. The number of amides is 1. The zero-order valence-electron chi connectivity index (χ0n) is 9.10. The summed E-state index contributed by atoms with van der Waals surface area (Å²) in [6.07, 6.45) is -4.60. The highest BCUT2D eigenvalue weighted by Gasteiger charge is 2.35. The minimum Gasteiger partial charge on any atom is -0.507 e. The van der Waals surface area contributed by atoms with E-state index in [0.717, 1.165) is 0 Å². The van der Waals surface area contributed by atoms with Gasteiger partial charge < -0.3 is 5.11 Å². The molecule has 0 saturated carbocycles. The van der Waals surface area contributed by atoms with E-state index >= 15 is 0 Å². The molecule has 0 unspecified atom stereocenters. The van der Waals surface area contributed by atoms with Gasteiger partial charge in [-0.15, -0.1) is 10.2 Å². The first-order valence-electron chi connectivity index (χ1n) is 4.88. The van der Waals surface area contributed by atoms with Crippen LogP contribution in [0.2, 0.25) is 0 Å². The third-order valence-corrected chi connectivity index (χ3v) is 2.92. The summed E-state index contributed by atoms with van der Waals surface area (Å²) in [5.41, 5.74) is -0.0636. The Labute approximate surface area is 108 Å². The second kappa shape index (κ2) is 4.84. The Kier molecular flexibility index (Phi) is 3.38. The summed E-state index contributed by atoms with van der Waals surface area (Å²) in [5.74, 6) is -1.04. The van der Waals surface area contributed by atoms with E-state index < -0.39 is 17.1 Å². The van der Waals surface area contributed by atoms with Crippen LogP contribution in [0.15, 0.2) is 24.3 Å². The van der Waals surface area contributed by atoms with E-state index in [4.69, 9.17) is 0 Å². The number of aromatic hydroxyl groups is 1. The summed E-state index contributed by atoms with van der Waals surface area (Å²) in [7, 11) is 0. The lowest BCUT2D eigenvalue weighted by molar-refractivity contribution is -0.138. The molecular weight excluding hydrogens is 283 g/mol. The second-order valence-electron chi connectivity index (χ2n) is 3.38. The molecule has 100 valence electrons. The summed E-state index contributed by atoms with van der Waals surface area (Å²) < 4.78 is 36.8. The minimum absolute atomic E-state index is 0.0636. The fourth-order valence-corrected chi connectivity index (χ4v) is 1.82. The summed E-state index contributed by atoms with van der Waals surface area (Å²) in [6, 6.07) is 5.64. The molecule has 1 aromatic heterocycles. The van der Waals surface area contributed by atoms with E-state index in [1.54, 1.807) is 0 Å². The molecule has 0 spiro atoms. The Balaban J connectivity index is 2.16. The number of phenols is 1. The SMILES string of the molecule is O=C(Nc1nnc(C(F)(F)F)s1)c1ccccc1O. The van der Waals surface area contributed by atoms with E-state index in [2.05, 4.69) is 15.5 Å². The van der Waals surface area contributed by atoms with Crippen molar-refractivity contribution in [1.29, 1.82) is 0 Å². The van der Waals surface area contributed by atoms with Gasteiger partial charge in [-0.1, -0.05) is 23.5 Å². The van der Waals surface area contributed by atoms with Crippen molar-refractivity contribution in [2.45, 2.75) is 6.18 Å². The first kappa shape index (κ1) is 13.3. The van der Waals surface area contributed by atoms with E-state index in [0.29, 0.717) is 0 Å². The molecule has 0 atom stereocenters. The van der Waals surface area contributed by atoms with Crippen LogP contribution >= 0.6 is 11.3 Å². The number of anilines is 1. The summed E-state index contributed by atoms with van der Waals surface area (Å²) in [5, 5.41) is 16.2. The van der Waals surface area contributed by atoms with E-state index in [9.17, 15) is 23.1 Å². The maximum atomic E-state index is 12.3. The molecule has 19 heavy (non-hydrogen) atoms. The molecule has 0 bridgehead atoms. The van der Waals surface area contributed by atoms with Crippen LogP contribution in [0.4, 0.5) is 18.3 Å². The van der Waals surface area contributed by atoms with Crippen molar-refractivity contribution in [1.82, 2.24) is 10.2 Å². The standard InChI is InChI=1S/C10H6F3N3O2S/c11-10(12,13)8-15-16-9(19-8)14-7(18)5-3-1-2-4-6(5)17/h1-4,17H,(H,14,16,18).